The highest BCUT2D eigenvalue weighted by molar-refractivity contribution is 5.99. The fourth-order valence-corrected chi connectivity index (χ4v) is 3.34. The summed E-state index contributed by atoms with van der Waals surface area (Å²) in [6.07, 6.45) is 4.08. The van der Waals surface area contributed by atoms with E-state index in [9.17, 15) is 4.79 Å². The van der Waals surface area contributed by atoms with Crippen LogP contribution in [0.5, 0.6) is 0 Å². The first-order chi connectivity index (χ1) is 15.1. The van der Waals surface area contributed by atoms with Gasteiger partial charge in [0.25, 0.3) is 5.91 Å². The molecule has 0 unspecified atom stereocenters. The van der Waals surface area contributed by atoms with Crippen molar-refractivity contribution in [1.29, 1.82) is 0 Å². The van der Waals surface area contributed by atoms with Gasteiger partial charge in [0.2, 0.25) is 5.89 Å². The van der Waals surface area contributed by atoms with Crippen molar-refractivity contribution in [3.8, 4) is 16.9 Å². The highest BCUT2D eigenvalue weighted by Gasteiger charge is 2.18. The van der Waals surface area contributed by atoms with E-state index in [-0.39, 0.29) is 5.91 Å². The monoisotopic (exact) mass is 415 g/mol. The molecule has 0 aliphatic heterocycles. The molecular formula is C24H25N5O2. The highest BCUT2D eigenvalue weighted by Crippen LogP contribution is 2.24. The summed E-state index contributed by atoms with van der Waals surface area (Å²) in [5.41, 5.74) is 4.27. The van der Waals surface area contributed by atoms with E-state index in [2.05, 4.69) is 34.5 Å². The molecule has 2 heterocycles. The zero-order valence-electron chi connectivity index (χ0n) is 17.7. The molecule has 0 aliphatic carbocycles. The predicted molar refractivity (Wildman–Crippen MR) is 118 cm³/mol. The van der Waals surface area contributed by atoms with Crippen molar-refractivity contribution in [1.82, 2.24) is 25.2 Å². The summed E-state index contributed by atoms with van der Waals surface area (Å²) in [7, 11) is 0. The van der Waals surface area contributed by atoms with Crippen molar-refractivity contribution in [2.24, 2.45) is 0 Å². The van der Waals surface area contributed by atoms with Crippen LogP contribution in [0.2, 0.25) is 0 Å². The number of hydrogen-bond donors (Lipinski definition) is 1. The molecule has 4 rings (SSSR count). The summed E-state index contributed by atoms with van der Waals surface area (Å²) < 4.78 is 6.87. The molecule has 2 aromatic heterocycles. The van der Waals surface area contributed by atoms with Gasteiger partial charge in [-0.25, -0.2) is 4.68 Å². The third kappa shape index (κ3) is 4.88. The molecular weight excluding hydrogens is 390 g/mol. The molecule has 158 valence electrons. The first-order valence-electron chi connectivity index (χ1n) is 10.5. The number of carbonyl (C=O) groups excluding carboxylic acids is 1. The molecule has 0 saturated carbocycles. The minimum atomic E-state index is -0.154. The Kier molecular flexibility index (Phi) is 6.21. The van der Waals surface area contributed by atoms with Crippen LogP contribution in [0.3, 0.4) is 0 Å². The normalized spacial score (nSPS) is 10.9. The fourth-order valence-electron chi connectivity index (χ4n) is 3.34. The topological polar surface area (TPSA) is 85.8 Å². The number of benzene rings is 2. The van der Waals surface area contributed by atoms with Crippen molar-refractivity contribution in [3.05, 3.63) is 83.6 Å². The maximum atomic E-state index is 13.0. The molecule has 0 bridgehead atoms. The van der Waals surface area contributed by atoms with Crippen molar-refractivity contribution in [2.45, 2.75) is 33.1 Å². The standard InChI is InChI=1S/C24H25N5O2/c1-3-18-11-13-19(14-12-18)23-21(16-29(27-23)20-8-5-4-6-9-20)24(30)25-15-7-10-22-26-17(2)28-31-22/h4-6,8-9,11-14,16H,3,7,10,15H2,1-2H3,(H,25,30). The number of nitrogens with zero attached hydrogens (tertiary/aromatic N) is 4. The Hall–Kier alpha value is -3.74. The van der Waals surface area contributed by atoms with Crippen LogP contribution in [0.4, 0.5) is 0 Å². The van der Waals surface area contributed by atoms with Crippen LogP contribution in [0.1, 0.15) is 41.0 Å². The smallest absolute Gasteiger partial charge is 0.255 e. The van der Waals surface area contributed by atoms with Gasteiger partial charge in [-0.1, -0.05) is 54.5 Å². The molecule has 0 spiro atoms. The lowest BCUT2D eigenvalue weighted by atomic mass is 10.0. The summed E-state index contributed by atoms with van der Waals surface area (Å²) in [4.78, 5) is 17.2. The highest BCUT2D eigenvalue weighted by atomic mass is 16.5. The van der Waals surface area contributed by atoms with Gasteiger partial charge in [-0.15, -0.1) is 0 Å². The van der Waals surface area contributed by atoms with Crippen molar-refractivity contribution < 1.29 is 9.32 Å². The Morgan fingerprint density at radius 2 is 1.87 bits per heavy atom. The zero-order valence-corrected chi connectivity index (χ0v) is 17.7. The summed E-state index contributed by atoms with van der Waals surface area (Å²) in [6, 6.07) is 18.0. The minimum absolute atomic E-state index is 0.154. The number of nitrogens with one attached hydrogen (secondary N) is 1. The van der Waals surface area contributed by atoms with Gasteiger partial charge < -0.3 is 9.84 Å². The summed E-state index contributed by atoms with van der Waals surface area (Å²) in [5.74, 6) is 1.05. The first kappa shape index (κ1) is 20.5. The SMILES string of the molecule is CCc1ccc(-c2nn(-c3ccccc3)cc2C(=O)NCCCc2nc(C)no2)cc1. The lowest BCUT2D eigenvalue weighted by Gasteiger charge is -2.05. The van der Waals surface area contributed by atoms with E-state index in [1.54, 1.807) is 17.8 Å². The average molecular weight is 415 g/mol. The molecule has 0 fully saturated rings. The van der Waals surface area contributed by atoms with E-state index >= 15 is 0 Å². The van der Waals surface area contributed by atoms with Gasteiger partial charge in [0.05, 0.1) is 11.3 Å². The van der Waals surface area contributed by atoms with Gasteiger partial charge in [-0.2, -0.15) is 10.1 Å². The molecule has 31 heavy (non-hydrogen) atoms. The molecule has 1 N–H and O–H groups in total. The van der Waals surface area contributed by atoms with Gasteiger partial charge in [0.15, 0.2) is 5.82 Å². The van der Waals surface area contributed by atoms with E-state index in [4.69, 9.17) is 9.62 Å². The lowest BCUT2D eigenvalue weighted by molar-refractivity contribution is 0.0953. The van der Waals surface area contributed by atoms with Crippen LogP contribution in [0.25, 0.3) is 16.9 Å². The van der Waals surface area contributed by atoms with Crippen LogP contribution < -0.4 is 5.32 Å². The molecule has 0 aliphatic rings. The lowest BCUT2D eigenvalue weighted by Crippen LogP contribution is -2.25. The number of aryl methyl sites for hydroxylation is 3. The molecule has 1 amide bonds. The third-order valence-electron chi connectivity index (χ3n) is 5.04. The van der Waals surface area contributed by atoms with Crippen LogP contribution >= 0.6 is 0 Å². The van der Waals surface area contributed by atoms with Crippen molar-refractivity contribution >= 4 is 5.91 Å². The molecule has 0 radical (unpaired) electrons. The Morgan fingerprint density at radius 3 is 2.55 bits per heavy atom. The Balaban J connectivity index is 1.53. The summed E-state index contributed by atoms with van der Waals surface area (Å²) in [6.45, 7) is 4.41. The number of carbonyl (C=O) groups is 1. The van der Waals surface area contributed by atoms with Gasteiger partial charge in [-0.3, -0.25) is 4.79 Å². The van der Waals surface area contributed by atoms with Crippen molar-refractivity contribution in [3.63, 3.8) is 0 Å². The Morgan fingerprint density at radius 1 is 1.10 bits per heavy atom. The van der Waals surface area contributed by atoms with Gasteiger partial charge >= 0.3 is 0 Å². The number of rotatable bonds is 8. The predicted octanol–water partition coefficient (Wildman–Crippen LogP) is 4.16. The fraction of sp³-hybridized carbons (Fsp3) is 0.250. The van der Waals surface area contributed by atoms with Crippen LogP contribution in [-0.2, 0) is 12.8 Å². The summed E-state index contributed by atoms with van der Waals surface area (Å²) >= 11 is 0. The van der Waals surface area contributed by atoms with E-state index in [0.29, 0.717) is 42.4 Å². The van der Waals surface area contributed by atoms with Gasteiger partial charge in [-0.05, 0) is 37.5 Å². The van der Waals surface area contributed by atoms with Crippen LogP contribution in [-0.4, -0.2) is 32.4 Å². The number of aromatic nitrogens is 4. The molecule has 7 heteroatoms. The maximum absolute atomic E-state index is 13.0. The molecule has 0 atom stereocenters. The maximum Gasteiger partial charge on any atom is 0.255 e. The Labute approximate surface area is 181 Å². The quantitative estimate of drug-likeness (QED) is 0.437. The number of amides is 1. The summed E-state index contributed by atoms with van der Waals surface area (Å²) in [5, 5.41) is 11.5. The van der Waals surface area contributed by atoms with Gasteiger partial charge in [0.1, 0.15) is 5.69 Å². The molecule has 2 aromatic carbocycles. The third-order valence-corrected chi connectivity index (χ3v) is 5.04. The van der Waals surface area contributed by atoms with Gasteiger partial charge in [0, 0.05) is 24.7 Å². The molecule has 0 saturated heterocycles. The first-order valence-corrected chi connectivity index (χ1v) is 10.5. The largest absolute Gasteiger partial charge is 0.352 e. The second-order valence-electron chi connectivity index (χ2n) is 7.32. The van der Waals surface area contributed by atoms with E-state index < -0.39 is 0 Å². The minimum Gasteiger partial charge on any atom is -0.352 e. The van der Waals surface area contributed by atoms with Crippen LogP contribution in [0, 0.1) is 6.92 Å². The van der Waals surface area contributed by atoms with Crippen LogP contribution in [0.15, 0.2) is 65.3 Å². The number of para-hydroxylation sites is 1. The Bertz CT molecular complexity index is 1150. The molecule has 4 aromatic rings. The second-order valence-corrected chi connectivity index (χ2v) is 7.32. The van der Waals surface area contributed by atoms with E-state index in [1.165, 1.54) is 5.56 Å². The zero-order chi connectivity index (χ0) is 21.6. The van der Waals surface area contributed by atoms with E-state index in [1.807, 2.05) is 42.5 Å². The van der Waals surface area contributed by atoms with Crippen molar-refractivity contribution in [2.75, 3.05) is 6.54 Å². The number of hydrogen-bond acceptors (Lipinski definition) is 5. The second kappa shape index (κ2) is 9.38. The molecule has 7 nitrogen and oxygen atoms in total. The average Bonchev–Trinajstić information content (AvgIpc) is 3.44. The van der Waals surface area contributed by atoms with E-state index in [0.717, 1.165) is 17.7 Å².